The molecule has 0 spiro atoms. The number of aromatic nitrogens is 2. The molecule has 42 heavy (non-hydrogen) atoms. The lowest BCUT2D eigenvalue weighted by molar-refractivity contribution is 0.103. The molecule has 0 saturated carbocycles. The van der Waals surface area contributed by atoms with Crippen molar-refractivity contribution in [1.29, 1.82) is 0 Å². The summed E-state index contributed by atoms with van der Waals surface area (Å²) in [5, 5.41) is 6.59. The zero-order valence-electron chi connectivity index (χ0n) is 25.6. The maximum Gasteiger partial charge on any atom is 0.293 e. The van der Waals surface area contributed by atoms with Gasteiger partial charge in [0.15, 0.2) is 5.82 Å². The van der Waals surface area contributed by atoms with Crippen molar-refractivity contribution < 1.29 is 4.79 Å². The summed E-state index contributed by atoms with van der Waals surface area (Å²) in [4.78, 5) is 35.1. The average Bonchev–Trinajstić information content (AvgIpc) is 3.39. The fourth-order valence-corrected chi connectivity index (χ4v) is 6.14. The Bertz CT molecular complexity index is 1640. The van der Waals surface area contributed by atoms with Crippen LogP contribution in [0.3, 0.4) is 0 Å². The molecule has 0 bridgehead atoms. The van der Waals surface area contributed by atoms with Crippen LogP contribution in [0.2, 0.25) is 5.02 Å². The standard InChI is InChI=1S/C33H40ClN5O2S/c1-9-27-25(19(2)3)16-28(42-27)32(40)37-30-21(6)10-15-24(29(30)34)26-18-39(8)33(41)31(36-26)35-23-13-11-22(12-14-23)17-38(7)20(4)5/h10-16,18-20H,9,17H2,1-8H3,(H,35,36)(H,37,40). The number of hydrogen-bond donors (Lipinski definition) is 2. The van der Waals surface area contributed by atoms with E-state index in [1.165, 1.54) is 31.9 Å². The van der Waals surface area contributed by atoms with E-state index in [0.29, 0.717) is 38.8 Å². The molecule has 1 amide bonds. The molecule has 0 radical (unpaired) electrons. The Hall–Kier alpha value is -3.46. The zero-order valence-corrected chi connectivity index (χ0v) is 27.2. The van der Waals surface area contributed by atoms with Gasteiger partial charge in [-0.3, -0.25) is 14.5 Å². The van der Waals surface area contributed by atoms with E-state index in [1.807, 2.05) is 49.4 Å². The summed E-state index contributed by atoms with van der Waals surface area (Å²) >= 11 is 8.44. The Morgan fingerprint density at radius 1 is 1.12 bits per heavy atom. The summed E-state index contributed by atoms with van der Waals surface area (Å²) in [6, 6.07) is 14.2. The number of benzene rings is 2. The van der Waals surface area contributed by atoms with Gasteiger partial charge in [0.1, 0.15) is 0 Å². The van der Waals surface area contributed by atoms with Crippen molar-refractivity contribution in [3.63, 3.8) is 0 Å². The highest BCUT2D eigenvalue weighted by molar-refractivity contribution is 7.14. The Balaban J connectivity index is 1.62. The fraction of sp³-hybridized carbons (Fsp3) is 0.364. The van der Waals surface area contributed by atoms with Crippen LogP contribution in [-0.2, 0) is 20.0 Å². The van der Waals surface area contributed by atoms with Gasteiger partial charge in [0.05, 0.1) is 21.3 Å². The van der Waals surface area contributed by atoms with E-state index in [1.54, 1.807) is 13.2 Å². The first-order valence-electron chi connectivity index (χ1n) is 14.3. The number of hydrogen-bond acceptors (Lipinski definition) is 6. The Kier molecular flexibility index (Phi) is 9.92. The lowest BCUT2D eigenvalue weighted by Gasteiger charge is -2.21. The zero-order chi connectivity index (χ0) is 30.7. The second-order valence-electron chi connectivity index (χ2n) is 11.3. The number of amides is 1. The van der Waals surface area contributed by atoms with E-state index in [9.17, 15) is 9.59 Å². The number of nitrogens with zero attached hydrogens (tertiary/aromatic N) is 3. The summed E-state index contributed by atoms with van der Waals surface area (Å²) in [6.45, 7) is 13.4. The smallest absolute Gasteiger partial charge is 0.293 e. The topological polar surface area (TPSA) is 79.3 Å². The Morgan fingerprint density at radius 3 is 2.40 bits per heavy atom. The number of nitrogens with one attached hydrogen (secondary N) is 2. The van der Waals surface area contributed by atoms with Gasteiger partial charge in [-0.2, -0.15) is 0 Å². The van der Waals surface area contributed by atoms with Crippen molar-refractivity contribution in [3.8, 4) is 11.3 Å². The first-order valence-corrected chi connectivity index (χ1v) is 15.5. The van der Waals surface area contributed by atoms with Crippen LogP contribution in [0.4, 0.5) is 17.2 Å². The molecule has 7 nitrogen and oxygen atoms in total. The third-order valence-electron chi connectivity index (χ3n) is 7.47. The van der Waals surface area contributed by atoms with Crippen molar-refractivity contribution in [2.75, 3.05) is 17.7 Å². The molecular weight excluding hydrogens is 566 g/mol. The summed E-state index contributed by atoms with van der Waals surface area (Å²) in [5.41, 5.74) is 5.39. The molecule has 0 fully saturated rings. The number of aryl methyl sites for hydroxylation is 3. The van der Waals surface area contributed by atoms with Crippen molar-refractivity contribution >= 4 is 46.0 Å². The molecule has 0 aliphatic rings. The maximum atomic E-state index is 13.3. The molecule has 2 heterocycles. The minimum absolute atomic E-state index is 0.191. The summed E-state index contributed by atoms with van der Waals surface area (Å²) < 4.78 is 1.48. The summed E-state index contributed by atoms with van der Waals surface area (Å²) in [6.07, 6.45) is 2.54. The SMILES string of the molecule is CCc1sc(C(=O)Nc2c(C)ccc(-c3cn(C)c(=O)c(Nc4ccc(CN(C)C(C)C)cc4)n3)c2Cl)cc1C(C)C. The molecule has 0 atom stereocenters. The number of anilines is 3. The van der Waals surface area contributed by atoms with Gasteiger partial charge in [0.2, 0.25) is 0 Å². The molecule has 9 heteroatoms. The summed E-state index contributed by atoms with van der Waals surface area (Å²) in [7, 11) is 3.78. The second kappa shape index (κ2) is 13.2. The minimum Gasteiger partial charge on any atom is -0.336 e. The average molecular weight is 606 g/mol. The van der Waals surface area contributed by atoms with Gasteiger partial charge >= 0.3 is 0 Å². The van der Waals surface area contributed by atoms with Crippen molar-refractivity contribution in [1.82, 2.24) is 14.5 Å². The quantitative estimate of drug-likeness (QED) is 0.191. The van der Waals surface area contributed by atoms with Crippen LogP contribution in [0.5, 0.6) is 0 Å². The Morgan fingerprint density at radius 2 is 1.81 bits per heavy atom. The van der Waals surface area contributed by atoms with Crippen LogP contribution < -0.4 is 16.2 Å². The number of carbonyl (C=O) groups excluding carboxylic acids is 1. The van der Waals surface area contributed by atoms with Crippen LogP contribution in [-0.4, -0.2) is 33.4 Å². The van der Waals surface area contributed by atoms with E-state index in [0.717, 1.165) is 24.2 Å². The number of halogens is 1. The number of carbonyl (C=O) groups is 1. The van der Waals surface area contributed by atoms with Crippen LogP contribution in [0.25, 0.3) is 11.3 Å². The molecular formula is C33H40ClN5O2S. The van der Waals surface area contributed by atoms with Gasteiger partial charge in [0, 0.05) is 42.0 Å². The molecule has 4 aromatic rings. The molecule has 0 saturated heterocycles. The Labute approximate surface area is 257 Å². The first kappa shape index (κ1) is 31.5. The normalized spacial score (nSPS) is 11.5. The van der Waals surface area contributed by atoms with E-state index in [2.05, 4.69) is 62.2 Å². The third kappa shape index (κ3) is 6.94. The van der Waals surface area contributed by atoms with Crippen LogP contribution in [0.1, 0.15) is 71.8 Å². The molecule has 2 aromatic heterocycles. The van der Waals surface area contributed by atoms with Gasteiger partial charge in [0.25, 0.3) is 11.5 Å². The fourth-order valence-electron chi connectivity index (χ4n) is 4.64. The van der Waals surface area contributed by atoms with E-state index >= 15 is 0 Å². The van der Waals surface area contributed by atoms with Gasteiger partial charge in [-0.05, 0) is 75.0 Å². The summed E-state index contributed by atoms with van der Waals surface area (Å²) in [5.74, 6) is 0.341. The largest absolute Gasteiger partial charge is 0.336 e. The number of thiophene rings is 1. The minimum atomic E-state index is -0.260. The highest BCUT2D eigenvalue weighted by Gasteiger charge is 2.20. The number of rotatable bonds is 10. The molecule has 222 valence electrons. The van der Waals surface area contributed by atoms with Gasteiger partial charge in [-0.25, -0.2) is 4.98 Å². The predicted octanol–water partition coefficient (Wildman–Crippen LogP) is 7.99. The lowest BCUT2D eigenvalue weighted by atomic mass is 10.0. The van der Waals surface area contributed by atoms with E-state index in [-0.39, 0.29) is 17.3 Å². The predicted molar refractivity (Wildman–Crippen MR) is 177 cm³/mol. The van der Waals surface area contributed by atoms with Crippen LogP contribution in [0.15, 0.2) is 53.5 Å². The highest BCUT2D eigenvalue weighted by Crippen LogP contribution is 2.37. The highest BCUT2D eigenvalue weighted by atomic mass is 35.5. The van der Waals surface area contributed by atoms with Crippen molar-refractivity contribution in [2.45, 2.75) is 66.5 Å². The van der Waals surface area contributed by atoms with Gasteiger partial charge < -0.3 is 15.2 Å². The van der Waals surface area contributed by atoms with Crippen molar-refractivity contribution in [3.05, 3.63) is 90.5 Å². The molecule has 2 N–H and O–H groups in total. The second-order valence-corrected chi connectivity index (χ2v) is 12.8. The van der Waals surface area contributed by atoms with Crippen LogP contribution in [0, 0.1) is 6.92 Å². The first-order chi connectivity index (χ1) is 19.9. The molecule has 0 unspecified atom stereocenters. The van der Waals surface area contributed by atoms with Gasteiger partial charge in [-0.1, -0.05) is 56.6 Å². The van der Waals surface area contributed by atoms with E-state index < -0.39 is 0 Å². The van der Waals surface area contributed by atoms with E-state index in [4.69, 9.17) is 11.6 Å². The molecule has 0 aliphatic carbocycles. The van der Waals surface area contributed by atoms with Crippen LogP contribution >= 0.6 is 22.9 Å². The third-order valence-corrected chi connectivity index (χ3v) is 9.16. The monoisotopic (exact) mass is 605 g/mol. The molecule has 4 rings (SSSR count). The molecule has 2 aromatic carbocycles. The molecule has 0 aliphatic heterocycles. The lowest BCUT2D eigenvalue weighted by Crippen LogP contribution is -2.25. The maximum absolute atomic E-state index is 13.3. The van der Waals surface area contributed by atoms with Gasteiger partial charge in [-0.15, -0.1) is 11.3 Å². The van der Waals surface area contributed by atoms with Crippen molar-refractivity contribution in [2.24, 2.45) is 7.05 Å².